The second-order valence-electron chi connectivity index (χ2n) is 7.98. The number of hydrogen-bond acceptors (Lipinski definition) is 4. The Kier molecular flexibility index (Phi) is 7.18. The first kappa shape index (κ1) is 21.3. The number of para-hydroxylation sites is 1. The van der Waals surface area contributed by atoms with E-state index in [4.69, 9.17) is 9.47 Å². The van der Waals surface area contributed by atoms with Crippen LogP contribution in [0.3, 0.4) is 0 Å². The zero-order valence-electron chi connectivity index (χ0n) is 17.5. The maximum atomic E-state index is 13.0. The number of likely N-dealkylation sites (tertiary alicyclic amines) is 1. The van der Waals surface area contributed by atoms with Gasteiger partial charge in [0.2, 0.25) is 0 Å². The van der Waals surface area contributed by atoms with Gasteiger partial charge in [0.05, 0.1) is 0 Å². The second kappa shape index (κ2) is 10.4. The summed E-state index contributed by atoms with van der Waals surface area (Å²) < 4.78 is 24.4. The monoisotopic (exact) mass is 421 g/mol. The van der Waals surface area contributed by atoms with Gasteiger partial charge in [0, 0.05) is 6.54 Å². The lowest BCUT2D eigenvalue weighted by molar-refractivity contribution is 0.0594. The maximum Gasteiger partial charge on any atom is 0.127 e. The molecule has 0 radical (unpaired) electrons. The Bertz CT molecular complexity index is 923. The van der Waals surface area contributed by atoms with E-state index < -0.39 is 6.10 Å². The highest BCUT2D eigenvalue weighted by Crippen LogP contribution is 2.30. The minimum absolute atomic E-state index is 0.273. The number of hydrogen-bond donors (Lipinski definition) is 1. The number of aliphatic hydroxyl groups is 1. The van der Waals surface area contributed by atoms with Gasteiger partial charge in [0.1, 0.15) is 35.8 Å². The van der Waals surface area contributed by atoms with Crippen molar-refractivity contribution in [3.63, 3.8) is 0 Å². The van der Waals surface area contributed by atoms with Crippen LogP contribution in [-0.2, 0) is 0 Å². The number of ether oxygens (including phenoxy) is 2. The average Bonchev–Trinajstić information content (AvgIpc) is 2.81. The lowest BCUT2D eigenvalue weighted by Gasteiger charge is -2.33. The lowest BCUT2D eigenvalue weighted by atomic mass is 9.89. The molecule has 4 rings (SSSR count). The molecule has 0 saturated carbocycles. The van der Waals surface area contributed by atoms with E-state index in [1.807, 2.05) is 42.5 Å². The molecule has 1 saturated heterocycles. The second-order valence-corrected chi connectivity index (χ2v) is 7.98. The number of halogens is 1. The zero-order valence-corrected chi connectivity index (χ0v) is 17.5. The number of β-amino-alcohol motifs (C(OH)–C–C–N with tert-alkyl or cyclic N) is 1. The molecule has 0 aromatic heterocycles. The Hall–Kier alpha value is -2.89. The van der Waals surface area contributed by atoms with Crippen LogP contribution in [0.4, 0.5) is 4.39 Å². The topological polar surface area (TPSA) is 41.9 Å². The van der Waals surface area contributed by atoms with Gasteiger partial charge in [0.15, 0.2) is 0 Å². The van der Waals surface area contributed by atoms with Crippen LogP contribution in [0.2, 0.25) is 0 Å². The van der Waals surface area contributed by atoms with E-state index in [0.717, 1.165) is 37.4 Å². The summed E-state index contributed by atoms with van der Waals surface area (Å²) in [5.41, 5.74) is 1.30. The summed E-state index contributed by atoms with van der Waals surface area (Å²) in [6, 6.07) is 23.8. The third-order valence-electron chi connectivity index (χ3n) is 5.64. The fourth-order valence-corrected chi connectivity index (χ4v) is 3.96. The zero-order chi connectivity index (χ0) is 21.5. The molecule has 0 bridgehead atoms. The minimum Gasteiger partial charge on any atom is -0.491 e. The van der Waals surface area contributed by atoms with E-state index in [9.17, 15) is 9.50 Å². The number of aliphatic hydroxyl groups excluding tert-OH is 1. The van der Waals surface area contributed by atoms with Crippen LogP contribution in [0.15, 0.2) is 78.9 Å². The average molecular weight is 422 g/mol. The molecular weight excluding hydrogens is 393 g/mol. The number of piperidine rings is 1. The van der Waals surface area contributed by atoms with Gasteiger partial charge in [-0.25, -0.2) is 4.39 Å². The predicted octanol–water partition coefficient (Wildman–Crippen LogP) is 5.24. The molecule has 0 amide bonds. The molecule has 1 N–H and O–H groups in total. The molecule has 3 aromatic rings. The van der Waals surface area contributed by atoms with Crippen molar-refractivity contribution in [3.8, 4) is 17.2 Å². The van der Waals surface area contributed by atoms with Crippen molar-refractivity contribution < 1.29 is 19.0 Å². The molecule has 3 aromatic carbocycles. The van der Waals surface area contributed by atoms with Gasteiger partial charge in [-0.15, -0.1) is 0 Å². The van der Waals surface area contributed by atoms with Crippen LogP contribution < -0.4 is 9.47 Å². The van der Waals surface area contributed by atoms with Crippen LogP contribution in [-0.4, -0.2) is 42.4 Å². The Morgan fingerprint density at radius 3 is 2.10 bits per heavy atom. The molecule has 31 heavy (non-hydrogen) atoms. The molecule has 0 aliphatic carbocycles. The fourth-order valence-electron chi connectivity index (χ4n) is 3.96. The van der Waals surface area contributed by atoms with Crippen molar-refractivity contribution in [1.29, 1.82) is 0 Å². The summed E-state index contributed by atoms with van der Waals surface area (Å²) in [5, 5.41) is 10.3. The summed E-state index contributed by atoms with van der Waals surface area (Å²) >= 11 is 0. The molecule has 4 nitrogen and oxygen atoms in total. The largest absolute Gasteiger partial charge is 0.491 e. The van der Waals surface area contributed by atoms with Gasteiger partial charge in [-0.3, -0.25) is 0 Å². The van der Waals surface area contributed by atoms with E-state index in [1.165, 1.54) is 17.7 Å². The summed E-state index contributed by atoms with van der Waals surface area (Å²) in [6.07, 6.45) is 1.62. The molecular formula is C26H28FNO3. The smallest absolute Gasteiger partial charge is 0.127 e. The highest BCUT2D eigenvalue weighted by molar-refractivity contribution is 5.34. The van der Waals surface area contributed by atoms with Crippen LogP contribution in [0, 0.1) is 5.82 Å². The molecule has 1 aliphatic rings. The predicted molar refractivity (Wildman–Crippen MR) is 119 cm³/mol. The van der Waals surface area contributed by atoms with Crippen molar-refractivity contribution in [2.24, 2.45) is 0 Å². The van der Waals surface area contributed by atoms with Crippen molar-refractivity contribution in [2.45, 2.75) is 24.9 Å². The quantitative estimate of drug-likeness (QED) is 0.540. The molecule has 1 atom stereocenters. The van der Waals surface area contributed by atoms with Crippen molar-refractivity contribution in [3.05, 3.63) is 90.2 Å². The number of nitrogens with zero attached hydrogens (tertiary/aromatic N) is 1. The van der Waals surface area contributed by atoms with E-state index in [2.05, 4.69) is 17.0 Å². The van der Waals surface area contributed by atoms with Crippen molar-refractivity contribution in [2.75, 3.05) is 26.2 Å². The van der Waals surface area contributed by atoms with E-state index >= 15 is 0 Å². The Morgan fingerprint density at radius 2 is 1.45 bits per heavy atom. The van der Waals surface area contributed by atoms with Crippen molar-refractivity contribution in [1.82, 2.24) is 4.90 Å². The molecule has 1 unspecified atom stereocenters. The third-order valence-corrected chi connectivity index (χ3v) is 5.64. The number of rotatable bonds is 8. The maximum absolute atomic E-state index is 13.0. The summed E-state index contributed by atoms with van der Waals surface area (Å²) in [5.74, 6) is 2.39. The van der Waals surface area contributed by atoms with Crippen LogP contribution in [0.1, 0.15) is 24.3 Å². The van der Waals surface area contributed by atoms with Gasteiger partial charge in [-0.1, -0.05) is 30.3 Å². The van der Waals surface area contributed by atoms with E-state index in [1.54, 1.807) is 12.1 Å². The van der Waals surface area contributed by atoms with Gasteiger partial charge >= 0.3 is 0 Å². The standard InChI is InChI=1S/C26H28FNO3/c27-22-8-12-26(13-9-22)31-25-10-6-20(7-11-25)21-14-16-28(17-15-21)18-23(29)19-30-24-4-2-1-3-5-24/h1-13,21,23,29H,14-19H2. The van der Waals surface area contributed by atoms with E-state index in [0.29, 0.717) is 24.8 Å². The van der Waals surface area contributed by atoms with Crippen LogP contribution >= 0.6 is 0 Å². The SMILES string of the molecule is OC(COc1ccccc1)CN1CCC(c2ccc(Oc3ccc(F)cc3)cc2)CC1. The lowest BCUT2D eigenvalue weighted by Crippen LogP contribution is -2.40. The number of benzene rings is 3. The summed E-state index contributed by atoms with van der Waals surface area (Å²) in [7, 11) is 0. The third kappa shape index (κ3) is 6.29. The summed E-state index contributed by atoms with van der Waals surface area (Å²) in [6.45, 7) is 2.85. The molecule has 1 heterocycles. The van der Waals surface area contributed by atoms with Gasteiger partial charge < -0.3 is 19.5 Å². The summed E-state index contributed by atoms with van der Waals surface area (Å²) in [4.78, 5) is 2.31. The molecule has 1 fully saturated rings. The minimum atomic E-state index is -0.500. The Morgan fingerprint density at radius 1 is 0.839 bits per heavy atom. The normalized spacial score (nSPS) is 16.1. The first-order valence-electron chi connectivity index (χ1n) is 10.8. The first-order valence-corrected chi connectivity index (χ1v) is 10.8. The van der Waals surface area contributed by atoms with E-state index in [-0.39, 0.29) is 5.82 Å². The molecule has 1 aliphatic heterocycles. The fraction of sp³-hybridized carbons (Fsp3) is 0.308. The van der Waals surface area contributed by atoms with Crippen LogP contribution in [0.25, 0.3) is 0 Å². The Labute approximate surface area is 182 Å². The molecule has 5 heteroatoms. The molecule has 0 spiro atoms. The van der Waals surface area contributed by atoms with Gasteiger partial charge in [-0.2, -0.15) is 0 Å². The van der Waals surface area contributed by atoms with Crippen molar-refractivity contribution >= 4 is 0 Å². The Balaban J connectivity index is 1.21. The highest BCUT2D eigenvalue weighted by Gasteiger charge is 2.22. The highest BCUT2D eigenvalue weighted by atomic mass is 19.1. The van der Waals surface area contributed by atoms with Gasteiger partial charge in [-0.05, 0) is 85.9 Å². The molecule has 162 valence electrons. The van der Waals surface area contributed by atoms with Crippen LogP contribution in [0.5, 0.6) is 17.2 Å². The first-order chi connectivity index (χ1) is 15.2. The van der Waals surface area contributed by atoms with Gasteiger partial charge in [0.25, 0.3) is 0 Å².